The van der Waals surface area contributed by atoms with Crippen LogP contribution in [0.15, 0.2) is 36.5 Å². The third-order valence-electron chi connectivity index (χ3n) is 4.47. The Labute approximate surface area is 115 Å². The average Bonchev–Trinajstić information content (AvgIpc) is 2.49. The lowest BCUT2D eigenvalue weighted by Gasteiger charge is -2.31. The largest absolute Gasteiger partial charge is 0.317 e. The van der Waals surface area contributed by atoms with Gasteiger partial charge in [0.25, 0.3) is 0 Å². The van der Waals surface area contributed by atoms with E-state index in [-0.39, 0.29) is 0 Å². The molecule has 1 aromatic carbocycles. The van der Waals surface area contributed by atoms with E-state index in [1.165, 1.54) is 43.3 Å². The van der Waals surface area contributed by atoms with E-state index in [1.54, 1.807) is 0 Å². The van der Waals surface area contributed by atoms with Gasteiger partial charge in [0, 0.05) is 11.6 Å². The first-order valence-electron chi connectivity index (χ1n) is 7.44. The van der Waals surface area contributed by atoms with Gasteiger partial charge in [-0.1, -0.05) is 25.1 Å². The van der Waals surface area contributed by atoms with E-state index in [1.807, 2.05) is 6.20 Å². The van der Waals surface area contributed by atoms with Crippen molar-refractivity contribution in [3.63, 3.8) is 0 Å². The molecule has 0 spiro atoms. The molecule has 3 rings (SSSR count). The number of hydrogen-bond acceptors (Lipinski definition) is 2. The van der Waals surface area contributed by atoms with Gasteiger partial charge in [-0.25, -0.2) is 0 Å². The van der Waals surface area contributed by atoms with Crippen LogP contribution >= 0.6 is 0 Å². The number of nitrogens with zero attached hydrogens (tertiary/aromatic N) is 1. The van der Waals surface area contributed by atoms with Crippen LogP contribution in [-0.2, 0) is 0 Å². The molecule has 0 aliphatic carbocycles. The van der Waals surface area contributed by atoms with Crippen molar-refractivity contribution >= 4 is 10.9 Å². The Bertz CT molecular complexity index is 538. The van der Waals surface area contributed by atoms with Crippen LogP contribution in [0.2, 0.25) is 0 Å². The number of hydrogen-bond donors (Lipinski definition) is 1. The zero-order valence-corrected chi connectivity index (χ0v) is 11.6. The van der Waals surface area contributed by atoms with Gasteiger partial charge in [-0.15, -0.1) is 0 Å². The Morgan fingerprint density at radius 3 is 2.79 bits per heavy atom. The molecular weight excluding hydrogens is 232 g/mol. The zero-order valence-electron chi connectivity index (χ0n) is 11.6. The molecule has 1 aliphatic heterocycles. The number of pyridine rings is 1. The maximum atomic E-state index is 4.49. The topological polar surface area (TPSA) is 24.9 Å². The molecule has 1 aromatic heterocycles. The quantitative estimate of drug-likeness (QED) is 0.902. The van der Waals surface area contributed by atoms with Crippen molar-refractivity contribution in [3.8, 4) is 0 Å². The van der Waals surface area contributed by atoms with Crippen LogP contribution in [0, 0.1) is 5.92 Å². The van der Waals surface area contributed by atoms with Gasteiger partial charge in [0.1, 0.15) is 0 Å². The second-order valence-corrected chi connectivity index (χ2v) is 5.52. The third kappa shape index (κ3) is 2.50. The average molecular weight is 254 g/mol. The van der Waals surface area contributed by atoms with E-state index in [0.717, 1.165) is 11.4 Å². The molecule has 0 radical (unpaired) electrons. The zero-order chi connectivity index (χ0) is 13.1. The standard InChI is InChI=1S/C17H22N2/c1-2-14(13-7-10-18-11-8-13)15-9-12-19-17-6-4-3-5-16(15)17/h3-6,9,12-14,18H,2,7-8,10-11H2,1H3. The second kappa shape index (κ2) is 5.70. The maximum Gasteiger partial charge on any atom is 0.0704 e. The summed E-state index contributed by atoms with van der Waals surface area (Å²) in [6.45, 7) is 4.66. The van der Waals surface area contributed by atoms with Gasteiger partial charge in [0.2, 0.25) is 0 Å². The molecule has 2 heterocycles. The fourth-order valence-electron chi connectivity index (χ4n) is 3.50. The van der Waals surface area contributed by atoms with Crippen LogP contribution in [0.4, 0.5) is 0 Å². The van der Waals surface area contributed by atoms with E-state index in [9.17, 15) is 0 Å². The molecule has 0 bridgehead atoms. The van der Waals surface area contributed by atoms with Crippen LogP contribution < -0.4 is 5.32 Å². The molecule has 1 aliphatic rings. The van der Waals surface area contributed by atoms with Crippen LogP contribution in [0.1, 0.15) is 37.7 Å². The van der Waals surface area contributed by atoms with Gasteiger partial charge < -0.3 is 5.32 Å². The predicted octanol–water partition coefficient (Wildman–Crippen LogP) is 3.73. The number of fused-ring (bicyclic) bond motifs is 1. The molecule has 1 saturated heterocycles. The minimum atomic E-state index is 0.676. The van der Waals surface area contributed by atoms with E-state index in [2.05, 4.69) is 47.6 Å². The molecular formula is C17H22N2. The lowest BCUT2D eigenvalue weighted by atomic mass is 9.78. The molecule has 100 valence electrons. The number of rotatable bonds is 3. The summed E-state index contributed by atoms with van der Waals surface area (Å²) >= 11 is 0. The van der Waals surface area contributed by atoms with Gasteiger partial charge in [0.05, 0.1) is 5.52 Å². The molecule has 2 aromatic rings. The van der Waals surface area contributed by atoms with Crippen LogP contribution in [-0.4, -0.2) is 18.1 Å². The minimum Gasteiger partial charge on any atom is -0.317 e. The van der Waals surface area contributed by atoms with Gasteiger partial charge in [-0.05, 0) is 61.9 Å². The fourth-order valence-corrected chi connectivity index (χ4v) is 3.50. The molecule has 1 N–H and O–H groups in total. The third-order valence-corrected chi connectivity index (χ3v) is 4.47. The van der Waals surface area contributed by atoms with Gasteiger partial charge in [-0.3, -0.25) is 4.98 Å². The molecule has 2 nitrogen and oxygen atoms in total. The van der Waals surface area contributed by atoms with Gasteiger partial charge in [-0.2, -0.15) is 0 Å². The number of piperidine rings is 1. The molecule has 0 saturated carbocycles. The predicted molar refractivity (Wildman–Crippen MR) is 80.4 cm³/mol. The first kappa shape index (κ1) is 12.6. The van der Waals surface area contributed by atoms with Crippen molar-refractivity contribution in [1.82, 2.24) is 10.3 Å². The van der Waals surface area contributed by atoms with Crippen LogP contribution in [0.3, 0.4) is 0 Å². The molecule has 1 unspecified atom stereocenters. The molecule has 1 fully saturated rings. The van der Waals surface area contributed by atoms with Crippen molar-refractivity contribution in [2.75, 3.05) is 13.1 Å². The number of para-hydroxylation sites is 1. The monoisotopic (exact) mass is 254 g/mol. The van der Waals surface area contributed by atoms with Gasteiger partial charge in [0.15, 0.2) is 0 Å². The number of benzene rings is 1. The molecule has 1 atom stereocenters. The summed E-state index contributed by atoms with van der Waals surface area (Å²) in [6.07, 6.45) is 5.80. The summed E-state index contributed by atoms with van der Waals surface area (Å²) < 4.78 is 0. The summed E-state index contributed by atoms with van der Waals surface area (Å²) in [5.41, 5.74) is 2.63. The highest BCUT2D eigenvalue weighted by Gasteiger charge is 2.24. The molecule has 2 heteroatoms. The highest BCUT2D eigenvalue weighted by molar-refractivity contribution is 5.82. The molecule has 19 heavy (non-hydrogen) atoms. The Morgan fingerprint density at radius 1 is 1.21 bits per heavy atom. The highest BCUT2D eigenvalue weighted by Crippen LogP contribution is 2.36. The van der Waals surface area contributed by atoms with Crippen molar-refractivity contribution in [1.29, 1.82) is 0 Å². The maximum absolute atomic E-state index is 4.49. The van der Waals surface area contributed by atoms with Crippen LogP contribution in [0.5, 0.6) is 0 Å². The fraction of sp³-hybridized carbons (Fsp3) is 0.471. The van der Waals surface area contributed by atoms with Gasteiger partial charge >= 0.3 is 0 Å². The summed E-state index contributed by atoms with van der Waals surface area (Å²) in [4.78, 5) is 4.49. The smallest absolute Gasteiger partial charge is 0.0704 e. The summed E-state index contributed by atoms with van der Waals surface area (Å²) in [7, 11) is 0. The lowest BCUT2D eigenvalue weighted by molar-refractivity contribution is 0.313. The van der Waals surface area contributed by atoms with Crippen molar-refractivity contribution in [3.05, 3.63) is 42.1 Å². The summed E-state index contributed by atoms with van der Waals surface area (Å²) in [6, 6.07) is 10.8. The minimum absolute atomic E-state index is 0.676. The van der Waals surface area contributed by atoms with Crippen molar-refractivity contribution in [2.24, 2.45) is 5.92 Å². The summed E-state index contributed by atoms with van der Waals surface area (Å²) in [5, 5.41) is 4.81. The summed E-state index contributed by atoms with van der Waals surface area (Å²) in [5.74, 6) is 1.49. The normalized spacial score (nSPS) is 18.6. The Morgan fingerprint density at radius 2 is 2.00 bits per heavy atom. The first-order valence-corrected chi connectivity index (χ1v) is 7.44. The Kier molecular flexibility index (Phi) is 3.79. The van der Waals surface area contributed by atoms with Crippen LogP contribution in [0.25, 0.3) is 10.9 Å². The SMILES string of the molecule is CCC(c1ccnc2ccccc12)C1CCNCC1. The second-order valence-electron chi connectivity index (χ2n) is 5.52. The van der Waals surface area contributed by atoms with E-state index in [4.69, 9.17) is 0 Å². The van der Waals surface area contributed by atoms with E-state index in [0.29, 0.717) is 5.92 Å². The van der Waals surface area contributed by atoms with E-state index < -0.39 is 0 Å². The highest BCUT2D eigenvalue weighted by atomic mass is 14.9. The number of nitrogens with one attached hydrogen (secondary N) is 1. The van der Waals surface area contributed by atoms with E-state index >= 15 is 0 Å². The lowest BCUT2D eigenvalue weighted by Crippen LogP contribution is -2.30. The number of aromatic nitrogens is 1. The Hall–Kier alpha value is -1.41. The Balaban J connectivity index is 2.00. The van der Waals surface area contributed by atoms with Crippen molar-refractivity contribution in [2.45, 2.75) is 32.1 Å². The molecule has 0 amide bonds. The first-order chi connectivity index (χ1) is 9.40. The van der Waals surface area contributed by atoms with Crippen molar-refractivity contribution < 1.29 is 0 Å².